The van der Waals surface area contributed by atoms with Crippen molar-refractivity contribution < 1.29 is 21.6 Å². The quantitative estimate of drug-likeness (QED) is 0.907. The Morgan fingerprint density at radius 3 is 2.41 bits per heavy atom. The summed E-state index contributed by atoms with van der Waals surface area (Å²) >= 11 is 0.341. The fraction of sp³-hybridized carbons (Fsp3) is 0.714. The Balaban J connectivity index is 2.67. The van der Waals surface area contributed by atoms with Crippen molar-refractivity contribution in [3.63, 3.8) is 0 Å². The number of aromatic nitrogens is 2. The summed E-state index contributed by atoms with van der Waals surface area (Å²) in [5.74, 6) is -0.187. The molecular weight excluding hydrogens is 279 g/mol. The Bertz CT molecular complexity index is 483. The fourth-order valence-electron chi connectivity index (χ4n) is 1.10. The van der Waals surface area contributed by atoms with E-state index in [0.717, 1.165) is 6.26 Å². The van der Waals surface area contributed by atoms with E-state index in [4.69, 9.17) is 0 Å². The van der Waals surface area contributed by atoms with Crippen LogP contribution in [0, 0.1) is 0 Å². The maximum absolute atomic E-state index is 12.2. The molecule has 0 aliphatic carbocycles. The molecule has 0 saturated carbocycles. The predicted molar refractivity (Wildman–Crippen MR) is 57.7 cm³/mol. The second-order valence-electron chi connectivity index (χ2n) is 3.55. The lowest BCUT2D eigenvalue weighted by Gasteiger charge is -2.10. The van der Waals surface area contributed by atoms with Gasteiger partial charge in [-0.3, -0.25) is 0 Å². The summed E-state index contributed by atoms with van der Waals surface area (Å²) in [6.07, 6.45) is -3.48. The fourth-order valence-corrected chi connectivity index (χ4v) is 2.82. The number of nitrogens with one attached hydrogen (secondary N) is 1. The van der Waals surface area contributed by atoms with Gasteiger partial charge in [0.1, 0.15) is 9.84 Å². The lowest BCUT2D eigenvalue weighted by Crippen LogP contribution is -2.24. The molecule has 0 bridgehead atoms. The summed E-state index contributed by atoms with van der Waals surface area (Å²) < 4.78 is 58.5. The Morgan fingerprint density at radius 1 is 1.41 bits per heavy atom. The molecule has 0 amide bonds. The summed E-state index contributed by atoms with van der Waals surface area (Å²) in [4.78, 5) is 0. The SMILES string of the molecule is CC(CS(C)(=O)=O)Nc1nnc(C(F)(F)F)s1. The van der Waals surface area contributed by atoms with Crippen molar-refractivity contribution in [2.24, 2.45) is 0 Å². The van der Waals surface area contributed by atoms with Crippen LogP contribution >= 0.6 is 11.3 Å². The van der Waals surface area contributed by atoms with Crippen LogP contribution in [0.5, 0.6) is 0 Å². The lowest BCUT2D eigenvalue weighted by atomic mass is 10.4. The van der Waals surface area contributed by atoms with Crippen LogP contribution in [0.3, 0.4) is 0 Å². The van der Waals surface area contributed by atoms with E-state index in [2.05, 4.69) is 15.5 Å². The molecule has 1 atom stereocenters. The van der Waals surface area contributed by atoms with Crippen molar-refractivity contribution >= 4 is 26.3 Å². The molecule has 10 heteroatoms. The first-order valence-electron chi connectivity index (χ1n) is 4.43. The van der Waals surface area contributed by atoms with Crippen molar-refractivity contribution in [2.75, 3.05) is 17.3 Å². The van der Waals surface area contributed by atoms with Crippen LogP contribution in [0.2, 0.25) is 0 Å². The summed E-state index contributed by atoms with van der Waals surface area (Å²) in [5.41, 5.74) is 0. The van der Waals surface area contributed by atoms with E-state index >= 15 is 0 Å². The molecule has 1 N–H and O–H groups in total. The number of rotatable bonds is 4. The van der Waals surface area contributed by atoms with Crippen LogP contribution in [-0.4, -0.2) is 36.7 Å². The van der Waals surface area contributed by atoms with E-state index < -0.39 is 27.1 Å². The van der Waals surface area contributed by atoms with Crippen LogP contribution in [0.1, 0.15) is 11.9 Å². The highest BCUT2D eigenvalue weighted by Gasteiger charge is 2.35. The molecule has 0 aromatic carbocycles. The number of hydrogen-bond donors (Lipinski definition) is 1. The standard InChI is InChI=1S/C7H10F3N3O2S2/c1-4(3-17(2,14)15)11-6-13-12-5(16-6)7(8,9)10/h4H,3H2,1-2H3,(H,11,13). The van der Waals surface area contributed by atoms with Gasteiger partial charge in [-0.15, -0.1) is 10.2 Å². The molecule has 1 unspecified atom stereocenters. The van der Waals surface area contributed by atoms with E-state index in [0.29, 0.717) is 11.3 Å². The Morgan fingerprint density at radius 2 is 2.00 bits per heavy atom. The highest BCUT2D eigenvalue weighted by Crippen LogP contribution is 2.33. The zero-order valence-electron chi connectivity index (χ0n) is 8.95. The van der Waals surface area contributed by atoms with Gasteiger partial charge >= 0.3 is 6.18 Å². The lowest BCUT2D eigenvalue weighted by molar-refractivity contribution is -0.138. The zero-order chi connectivity index (χ0) is 13.3. The molecule has 0 saturated heterocycles. The molecule has 0 aliphatic rings. The largest absolute Gasteiger partial charge is 0.445 e. The number of anilines is 1. The Labute approximate surface area is 100.0 Å². The van der Waals surface area contributed by atoms with Crippen LogP contribution in [0.15, 0.2) is 0 Å². The minimum Gasteiger partial charge on any atom is -0.357 e. The molecule has 0 fully saturated rings. The second-order valence-corrected chi connectivity index (χ2v) is 6.71. The van der Waals surface area contributed by atoms with Gasteiger partial charge in [-0.1, -0.05) is 11.3 Å². The van der Waals surface area contributed by atoms with Gasteiger partial charge in [-0.25, -0.2) is 8.42 Å². The number of halogens is 3. The third-order valence-corrected chi connectivity index (χ3v) is 3.59. The minimum absolute atomic E-state index is 0.0477. The van der Waals surface area contributed by atoms with Crippen LogP contribution < -0.4 is 5.32 Å². The maximum Gasteiger partial charge on any atom is 0.445 e. The van der Waals surface area contributed by atoms with Crippen molar-refractivity contribution in [1.29, 1.82) is 0 Å². The first-order chi connectivity index (χ1) is 7.58. The summed E-state index contributed by atoms with van der Waals surface area (Å²) in [5, 5.41) is 7.71. The van der Waals surface area contributed by atoms with Gasteiger partial charge in [0, 0.05) is 12.3 Å². The van der Waals surface area contributed by atoms with Gasteiger partial charge in [-0.2, -0.15) is 13.2 Å². The normalized spacial score (nSPS) is 14.6. The minimum atomic E-state index is -4.53. The zero-order valence-corrected chi connectivity index (χ0v) is 10.6. The molecule has 0 radical (unpaired) electrons. The first kappa shape index (κ1) is 14.2. The third kappa shape index (κ3) is 4.86. The van der Waals surface area contributed by atoms with Crippen LogP contribution in [-0.2, 0) is 16.0 Å². The topological polar surface area (TPSA) is 72.0 Å². The molecule has 1 aromatic heterocycles. The molecule has 5 nitrogen and oxygen atoms in total. The predicted octanol–water partition coefficient (Wildman–Crippen LogP) is 1.40. The molecule has 17 heavy (non-hydrogen) atoms. The smallest absolute Gasteiger partial charge is 0.357 e. The molecule has 1 rings (SSSR count). The van der Waals surface area contributed by atoms with Crippen molar-refractivity contribution in [3.8, 4) is 0 Å². The van der Waals surface area contributed by atoms with Crippen LogP contribution in [0.4, 0.5) is 18.3 Å². The van der Waals surface area contributed by atoms with Crippen molar-refractivity contribution in [2.45, 2.75) is 19.1 Å². The number of sulfone groups is 1. The Hall–Kier alpha value is -0.900. The Kier molecular flexibility index (Phi) is 3.97. The molecule has 0 spiro atoms. The van der Waals surface area contributed by atoms with Gasteiger partial charge in [0.15, 0.2) is 0 Å². The molecule has 98 valence electrons. The molecule has 1 heterocycles. The van der Waals surface area contributed by atoms with E-state index in [1.165, 1.54) is 6.92 Å². The van der Waals surface area contributed by atoms with Crippen molar-refractivity contribution in [3.05, 3.63) is 5.01 Å². The molecule has 0 aliphatic heterocycles. The van der Waals surface area contributed by atoms with Gasteiger partial charge in [0.25, 0.3) is 0 Å². The molecular formula is C7H10F3N3O2S2. The van der Waals surface area contributed by atoms with E-state index in [9.17, 15) is 21.6 Å². The first-order valence-corrected chi connectivity index (χ1v) is 7.30. The van der Waals surface area contributed by atoms with Gasteiger partial charge < -0.3 is 5.32 Å². The van der Waals surface area contributed by atoms with E-state index in [1.54, 1.807) is 0 Å². The summed E-state index contributed by atoms with van der Waals surface area (Å²) in [6, 6.07) is -0.529. The highest BCUT2D eigenvalue weighted by molar-refractivity contribution is 7.90. The summed E-state index contributed by atoms with van der Waals surface area (Å²) in [7, 11) is -3.19. The van der Waals surface area contributed by atoms with Crippen molar-refractivity contribution in [1.82, 2.24) is 10.2 Å². The average molecular weight is 289 g/mol. The van der Waals surface area contributed by atoms with Crippen LogP contribution in [0.25, 0.3) is 0 Å². The molecule has 1 aromatic rings. The second kappa shape index (κ2) is 4.77. The highest BCUT2D eigenvalue weighted by atomic mass is 32.2. The van der Waals surface area contributed by atoms with Gasteiger partial charge in [-0.05, 0) is 6.92 Å². The number of hydrogen-bond acceptors (Lipinski definition) is 6. The maximum atomic E-state index is 12.2. The van der Waals surface area contributed by atoms with Gasteiger partial charge in [0.2, 0.25) is 10.1 Å². The monoisotopic (exact) mass is 289 g/mol. The van der Waals surface area contributed by atoms with E-state index in [1.807, 2.05) is 0 Å². The van der Waals surface area contributed by atoms with Gasteiger partial charge in [0.05, 0.1) is 5.75 Å². The van der Waals surface area contributed by atoms with E-state index in [-0.39, 0.29) is 10.9 Å². The summed E-state index contributed by atoms with van der Waals surface area (Å²) in [6.45, 7) is 1.54. The number of alkyl halides is 3. The number of nitrogens with zero attached hydrogens (tertiary/aromatic N) is 2. The third-order valence-electron chi connectivity index (χ3n) is 1.59. The average Bonchev–Trinajstić information content (AvgIpc) is 2.47.